The van der Waals surface area contributed by atoms with Crippen molar-refractivity contribution in [2.75, 3.05) is 18.4 Å². The number of nitrogens with one attached hydrogen (secondary N) is 1. The molecule has 124 valence electrons. The van der Waals surface area contributed by atoms with Crippen LogP contribution in [0.15, 0.2) is 12.1 Å². The van der Waals surface area contributed by atoms with Gasteiger partial charge in [-0.25, -0.2) is 9.78 Å². The van der Waals surface area contributed by atoms with Crippen LogP contribution in [0.5, 0.6) is 0 Å². The molecule has 4 rings (SSSR count). The molecule has 0 aromatic carbocycles. The average Bonchev–Trinajstić information content (AvgIpc) is 2.99. The Morgan fingerprint density at radius 1 is 1.09 bits per heavy atom. The van der Waals surface area contributed by atoms with Crippen LogP contribution in [0.25, 0.3) is 0 Å². The first kappa shape index (κ1) is 14.9. The Hall–Kier alpha value is -1.62. The molecular weight excluding hydrogens is 290 g/mol. The summed E-state index contributed by atoms with van der Waals surface area (Å²) in [6.45, 7) is 1.54. The Balaban J connectivity index is 1.28. The Morgan fingerprint density at radius 2 is 1.87 bits per heavy atom. The number of carbonyl (C=O) groups excluding carboxylic acids is 1. The van der Waals surface area contributed by atoms with Gasteiger partial charge in [0.15, 0.2) is 0 Å². The van der Waals surface area contributed by atoms with Crippen LogP contribution < -0.4 is 5.32 Å². The third-order valence-electron chi connectivity index (χ3n) is 5.33. The highest BCUT2D eigenvalue weighted by Gasteiger charge is 2.27. The summed E-state index contributed by atoms with van der Waals surface area (Å²) < 4.78 is 6.05. The highest BCUT2D eigenvalue weighted by atomic mass is 16.5. The minimum atomic E-state index is -0.0301. The number of aromatic nitrogens is 1. The van der Waals surface area contributed by atoms with Crippen LogP contribution in [0.2, 0.25) is 0 Å². The van der Waals surface area contributed by atoms with Gasteiger partial charge in [-0.2, -0.15) is 0 Å². The molecule has 5 nitrogen and oxygen atoms in total. The summed E-state index contributed by atoms with van der Waals surface area (Å²) >= 11 is 0. The minimum absolute atomic E-state index is 0.0301. The average molecular weight is 315 g/mol. The monoisotopic (exact) mass is 315 g/mol. The van der Waals surface area contributed by atoms with Crippen molar-refractivity contribution in [3.63, 3.8) is 0 Å². The number of urea groups is 1. The maximum absolute atomic E-state index is 12.4. The van der Waals surface area contributed by atoms with Gasteiger partial charge < -0.3 is 9.64 Å². The molecule has 1 saturated heterocycles. The first-order chi connectivity index (χ1) is 11.3. The predicted octanol–water partition coefficient (Wildman–Crippen LogP) is 3.14. The first-order valence-corrected chi connectivity index (χ1v) is 8.98. The van der Waals surface area contributed by atoms with Gasteiger partial charge in [0.2, 0.25) is 0 Å². The van der Waals surface area contributed by atoms with E-state index in [9.17, 15) is 4.79 Å². The summed E-state index contributed by atoms with van der Waals surface area (Å²) in [6, 6.07) is 4.00. The number of likely N-dealkylation sites (tertiary alicyclic amines) is 1. The molecule has 0 radical (unpaired) electrons. The van der Waals surface area contributed by atoms with Gasteiger partial charge in [-0.1, -0.05) is 6.07 Å². The number of hydrogen-bond donors (Lipinski definition) is 1. The van der Waals surface area contributed by atoms with Crippen LogP contribution in [0.3, 0.4) is 0 Å². The molecule has 1 aromatic rings. The van der Waals surface area contributed by atoms with Gasteiger partial charge in [0, 0.05) is 18.8 Å². The molecule has 5 heteroatoms. The number of amides is 2. The topological polar surface area (TPSA) is 54.5 Å². The van der Waals surface area contributed by atoms with E-state index in [1.165, 1.54) is 31.2 Å². The second kappa shape index (κ2) is 6.48. The Kier molecular flexibility index (Phi) is 4.21. The lowest BCUT2D eigenvalue weighted by Crippen LogP contribution is -2.44. The van der Waals surface area contributed by atoms with E-state index in [-0.39, 0.29) is 6.03 Å². The minimum Gasteiger partial charge on any atom is -0.375 e. The lowest BCUT2D eigenvalue weighted by Gasteiger charge is -2.36. The molecule has 1 aromatic heterocycles. The largest absolute Gasteiger partial charge is 0.375 e. The molecule has 0 atom stereocenters. The quantitative estimate of drug-likeness (QED) is 0.932. The van der Waals surface area contributed by atoms with Gasteiger partial charge in [-0.15, -0.1) is 0 Å². The molecule has 1 saturated carbocycles. The van der Waals surface area contributed by atoms with Crippen molar-refractivity contribution in [3.05, 3.63) is 23.4 Å². The molecule has 2 heterocycles. The number of fused-ring (bicyclic) bond motifs is 1. The number of hydrogen-bond acceptors (Lipinski definition) is 3. The predicted molar refractivity (Wildman–Crippen MR) is 88.6 cm³/mol. The zero-order chi connectivity index (χ0) is 15.6. The van der Waals surface area contributed by atoms with Crippen molar-refractivity contribution in [1.82, 2.24) is 9.88 Å². The van der Waals surface area contributed by atoms with E-state index < -0.39 is 0 Å². The van der Waals surface area contributed by atoms with Gasteiger partial charge in [-0.3, -0.25) is 5.32 Å². The number of nitrogens with zero attached hydrogens (tertiary/aromatic N) is 2. The highest BCUT2D eigenvalue weighted by Crippen LogP contribution is 2.27. The molecule has 1 aliphatic heterocycles. The van der Waals surface area contributed by atoms with Crippen LogP contribution in [-0.4, -0.2) is 41.2 Å². The maximum atomic E-state index is 12.4. The van der Waals surface area contributed by atoms with E-state index in [2.05, 4.69) is 16.4 Å². The lowest BCUT2D eigenvalue weighted by molar-refractivity contribution is -0.0694. The van der Waals surface area contributed by atoms with Crippen LogP contribution >= 0.6 is 0 Å². The van der Waals surface area contributed by atoms with Crippen LogP contribution in [-0.2, 0) is 17.6 Å². The van der Waals surface area contributed by atoms with E-state index in [0.717, 1.165) is 44.5 Å². The van der Waals surface area contributed by atoms with Crippen molar-refractivity contribution in [2.45, 2.75) is 63.6 Å². The zero-order valence-electron chi connectivity index (χ0n) is 13.6. The van der Waals surface area contributed by atoms with E-state index in [1.54, 1.807) is 0 Å². The molecule has 3 aliphatic rings. The number of pyridine rings is 1. The standard InChI is InChI=1S/C18H25N3O2/c22-18(20-17-8-7-13-3-1-6-16(13)19-17)21-11-9-15(10-12-21)23-14-4-2-5-14/h7-8,14-15H,1-6,9-12H2,(H,19,20,22). The molecule has 1 N–H and O–H groups in total. The van der Waals surface area contributed by atoms with Gasteiger partial charge in [-0.05, 0) is 63.0 Å². The second-order valence-electron chi connectivity index (χ2n) is 6.96. The van der Waals surface area contributed by atoms with Crippen molar-refractivity contribution in [1.29, 1.82) is 0 Å². The van der Waals surface area contributed by atoms with Gasteiger partial charge in [0.25, 0.3) is 0 Å². The lowest BCUT2D eigenvalue weighted by atomic mass is 9.95. The maximum Gasteiger partial charge on any atom is 0.323 e. The summed E-state index contributed by atoms with van der Waals surface area (Å²) in [7, 11) is 0. The number of piperidine rings is 1. The molecule has 0 spiro atoms. The van der Waals surface area contributed by atoms with E-state index in [0.29, 0.717) is 18.0 Å². The number of ether oxygens (including phenoxy) is 1. The van der Waals surface area contributed by atoms with Crippen LogP contribution in [0.4, 0.5) is 10.6 Å². The van der Waals surface area contributed by atoms with E-state index in [1.807, 2.05) is 11.0 Å². The number of rotatable bonds is 3. The summed E-state index contributed by atoms with van der Waals surface area (Å²) in [4.78, 5) is 18.9. The molecule has 23 heavy (non-hydrogen) atoms. The summed E-state index contributed by atoms with van der Waals surface area (Å²) in [5, 5.41) is 2.95. The fraction of sp³-hybridized carbons (Fsp3) is 0.667. The molecule has 2 aliphatic carbocycles. The Bertz CT molecular complexity index is 578. The Labute approximate surface area is 137 Å². The van der Waals surface area contributed by atoms with Crippen molar-refractivity contribution >= 4 is 11.8 Å². The third-order valence-corrected chi connectivity index (χ3v) is 5.33. The summed E-state index contributed by atoms with van der Waals surface area (Å²) in [5.74, 6) is 0.684. The van der Waals surface area contributed by atoms with Crippen LogP contribution in [0.1, 0.15) is 49.8 Å². The molecule has 2 amide bonds. The highest BCUT2D eigenvalue weighted by molar-refractivity contribution is 5.88. The summed E-state index contributed by atoms with van der Waals surface area (Å²) in [5.41, 5.74) is 2.48. The van der Waals surface area contributed by atoms with Gasteiger partial charge in [0.1, 0.15) is 5.82 Å². The molecule has 0 unspecified atom stereocenters. The number of carbonyl (C=O) groups is 1. The normalized spacial score (nSPS) is 21.8. The van der Waals surface area contributed by atoms with Crippen LogP contribution in [0, 0.1) is 0 Å². The zero-order valence-corrected chi connectivity index (χ0v) is 13.6. The van der Waals surface area contributed by atoms with E-state index in [4.69, 9.17) is 4.74 Å². The van der Waals surface area contributed by atoms with E-state index >= 15 is 0 Å². The van der Waals surface area contributed by atoms with Crippen molar-refractivity contribution in [2.24, 2.45) is 0 Å². The summed E-state index contributed by atoms with van der Waals surface area (Å²) in [6.07, 6.45) is 9.76. The van der Waals surface area contributed by atoms with Gasteiger partial charge >= 0.3 is 6.03 Å². The molecule has 2 fully saturated rings. The smallest absolute Gasteiger partial charge is 0.323 e. The van der Waals surface area contributed by atoms with Gasteiger partial charge in [0.05, 0.1) is 12.2 Å². The second-order valence-corrected chi connectivity index (χ2v) is 6.96. The fourth-order valence-corrected chi connectivity index (χ4v) is 3.65. The molecule has 0 bridgehead atoms. The first-order valence-electron chi connectivity index (χ1n) is 8.98. The number of anilines is 1. The number of aryl methyl sites for hydroxylation is 2. The Morgan fingerprint density at radius 3 is 2.61 bits per heavy atom. The SMILES string of the molecule is O=C(Nc1ccc2c(n1)CCC2)N1CCC(OC2CCC2)CC1. The third kappa shape index (κ3) is 3.34. The van der Waals surface area contributed by atoms with Crippen molar-refractivity contribution in [3.8, 4) is 0 Å². The fourth-order valence-electron chi connectivity index (χ4n) is 3.65. The van der Waals surface area contributed by atoms with Crippen molar-refractivity contribution < 1.29 is 9.53 Å². The molecular formula is C18H25N3O2.